The molecular formula is C28H40BrNO4Si. The maximum absolute atomic E-state index is 13.2. The predicted molar refractivity (Wildman–Crippen MR) is 150 cm³/mol. The van der Waals surface area contributed by atoms with Crippen molar-refractivity contribution in [1.82, 2.24) is 4.57 Å². The highest BCUT2D eigenvalue weighted by atomic mass is 79.9. The number of esters is 1. The van der Waals surface area contributed by atoms with Gasteiger partial charge in [-0.1, -0.05) is 53.5 Å². The maximum Gasteiger partial charge on any atom is 0.419 e. The molecule has 0 saturated heterocycles. The number of hydrogen-bond acceptors (Lipinski definition) is 4. The molecule has 5 nitrogen and oxygen atoms in total. The van der Waals surface area contributed by atoms with E-state index < -0.39 is 19.8 Å². The monoisotopic (exact) mass is 561 g/mol. The Balaban J connectivity index is 2.73. The fourth-order valence-electron chi connectivity index (χ4n) is 5.03. The third kappa shape index (κ3) is 6.40. The second kappa shape index (κ2) is 11.3. The van der Waals surface area contributed by atoms with Gasteiger partial charge in [0.05, 0.1) is 23.1 Å². The van der Waals surface area contributed by atoms with Crippen LogP contribution in [0, 0.1) is 11.5 Å². The molecule has 0 amide bonds. The zero-order valence-electron chi connectivity index (χ0n) is 22.8. The molecule has 0 aliphatic heterocycles. The van der Waals surface area contributed by atoms with Gasteiger partial charge in [0.25, 0.3) is 0 Å². The van der Waals surface area contributed by atoms with Crippen LogP contribution in [0.25, 0.3) is 10.9 Å². The van der Waals surface area contributed by atoms with E-state index >= 15 is 0 Å². The SMILES string of the molecule is CCOC(=O)Cc1c(Br)n(C(=O)OC(C)(C)C)c2cc(C#C[Si](C(C)C)(C(C)C)C(C)C)ccc12. The summed E-state index contributed by atoms with van der Waals surface area (Å²) >= 11 is 3.56. The molecule has 0 aliphatic carbocycles. The highest BCUT2D eigenvalue weighted by Gasteiger charge is 2.41. The van der Waals surface area contributed by atoms with E-state index in [0.29, 0.717) is 38.9 Å². The summed E-state index contributed by atoms with van der Waals surface area (Å²) in [5.74, 6) is 3.12. The maximum atomic E-state index is 13.2. The Morgan fingerprint density at radius 1 is 1.06 bits per heavy atom. The smallest absolute Gasteiger partial charge is 0.419 e. The van der Waals surface area contributed by atoms with Crippen molar-refractivity contribution in [3.8, 4) is 11.5 Å². The van der Waals surface area contributed by atoms with Crippen molar-refractivity contribution in [3.05, 3.63) is 33.9 Å². The Labute approximate surface area is 220 Å². The van der Waals surface area contributed by atoms with Gasteiger partial charge >= 0.3 is 12.1 Å². The van der Waals surface area contributed by atoms with Crippen LogP contribution in [0.1, 0.15) is 80.4 Å². The molecule has 0 saturated carbocycles. The number of rotatable bonds is 6. The number of benzene rings is 1. The summed E-state index contributed by atoms with van der Waals surface area (Å²) in [4.78, 5) is 25.5. The molecule has 1 heterocycles. The Hall–Kier alpha value is -2.04. The quantitative estimate of drug-likeness (QED) is 0.204. The van der Waals surface area contributed by atoms with E-state index in [-0.39, 0.29) is 12.4 Å². The number of carbonyl (C=O) groups excluding carboxylic acids is 2. The lowest BCUT2D eigenvalue weighted by atomic mass is 10.1. The number of aromatic nitrogens is 1. The third-order valence-corrected chi connectivity index (χ3v) is 13.6. The summed E-state index contributed by atoms with van der Waals surface area (Å²) in [6.07, 6.45) is -0.458. The zero-order chi connectivity index (χ0) is 26.7. The predicted octanol–water partition coefficient (Wildman–Crippen LogP) is 7.86. The average Bonchev–Trinajstić information content (AvgIpc) is 2.97. The van der Waals surface area contributed by atoms with E-state index in [9.17, 15) is 9.59 Å². The zero-order valence-corrected chi connectivity index (χ0v) is 25.4. The Morgan fingerprint density at radius 3 is 2.11 bits per heavy atom. The van der Waals surface area contributed by atoms with Crippen LogP contribution in [-0.2, 0) is 20.7 Å². The van der Waals surface area contributed by atoms with Crippen LogP contribution < -0.4 is 0 Å². The molecule has 0 radical (unpaired) electrons. The molecular weight excluding hydrogens is 522 g/mol. The van der Waals surface area contributed by atoms with E-state index in [2.05, 4.69) is 68.9 Å². The minimum Gasteiger partial charge on any atom is -0.466 e. The molecule has 7 heteroatoms. The summed E-state index contributed by atoms with van der Waals surface area (Å²) in [6, 6.07) is 5.82. The number of ether oxygens (including phenoxy) is 2. The minimum absolute atomic E-state index is 0.0514. The van der Waals surface area contributed by atoms with E-state index in [1.165, 1.54) is 4.57 Å². The van der Waals surface area contributed by atoms with Crippen molar-refractivity contribution in [2.45, 2.75) is 97.9 Å². The van der Waals surface area contributed by atoms with Crippen LogP contribution >= 0.6 is 15.9 Å². The van der Waals surface area contributed by atoms with Gasteiger partial charge in [-0.2, -0.15) is 0 Å². The van der Waals surface area contributed by atoms with Crippen molar-refractivity contribution in [3.63, 3.8) is 0 Å². The molecule has 2 rings (SSSR count). The second-order valence-electron chi connectivity index (χ2n) is 10.9. The van der Waals surface area contributed by atoms with Gasteiger partial charge in [-0.15, -0.1) is 5.54 Å². The first kappa shape index (κ1) is 29.2. The highest BCUT2D eigenvalue weighted by Crippen LogP contribution is 2.41. The normalized spacial score (nSPS) is 12.3. The topological polar surface area (TPSA) is 57.5 Å². The van der Waals surface area contributed by atoms with Crippen LogP contribution in [0.15, 0.2) is 22.8 Å². The van der Waals surface area contributed by atoms with Gasteiger partial charge in [0.15, 0.2) is 0 Å². The van der Waals surface area contributed by atoms with Gasteiger partial charge in [0, 0.05) is 16.5 Å². The first-order valence-electron chi connectivity index (χ1n) is 12.4. The van der Waals surface area contributed by atoms with Gasteiger partial charge in [-0.25, -0.2) is 9.36 Å². The second-order valence-corrected chi connectivity index (χ2v) is 17.3. The molecule has 2 aromatic rings. The molecule has 0 aliphatic rings. The van der Waals surface area contributed by atoms with Gasteiger partial charge in [-0.05, 0) is 72.4 Å². The van der Waals surface area contributed by atoms with Crippen LogP contribution in [0.3, 0.4) is 0 Å². The summed E-state index contributed by atoms with van der Waals surface area (Å²) in [7, 11) is -1.91. The summed E-state index contributed by atoms with van der Waals surface area (Å²) < 4.78 is 12.8. The van der Waals surface area contributed by atoms with Crippen molar-refractivity contribution >= 4 is 47.0 Å². The summed E-state index contributed by atoms with van der Waals surface area (Å²) in [6.45, 7) is 21.3. The van der Waals surface area contributed by atoms with Crippen molar-refractivity contribution < 1.29 is 19.1 Å². The van der Waals surface area contributed by atoms with Crippen molar-refractivity contribution in [2.75, 3.05) is 6.61 Å². The largest absolute Gasteiger partial charge is 0.466 e. The van der Waals surface area contributed by atoms with Gasteiger partial charge in [-0.3, -0.25) is 4.79 Å². The van der Waals surface area contributed by atoms with Crippen LogP contribution in [-0.4, -0.2) is 36.9 Å². The highest BCUT2D eigenvalue weighted by molar-refractivity contribution is 9.10. The first-order chi connectivity index (χ1) is 16.2. The fourth-order valence-corrected chi connectivity index (χ4v) is 10.9. The summed E-state index contributed by atoms with van der Waals surface area (Å²) in [5.41, 5.74) is 6.84. The van der Waals surface area contributed by atoms with E-state index in [1.54, 1.807) is 6.92 Å². The average molecular weight is 563 g/mol. The molecule has 0 atom stereocenters. The van der Waals surface area contributed by atoms with Crippen LogP contribution in [0.5, 0.6) is 0 Å². The van der Waals surface area contributed by atoms with Gasteiger partial charge < -0.3 is 9.47 Å². The lowest BCUT2D eigenvalue weighted by molar-refractivity contribution is -0.142. The molecule has 1 aromatic carbocycles. The number of hydrogen-bond donors (Lipinski definition) is 0. The molecule has 1 aromatic heterocycles. The van der Waals surface area contributed by atoms with Crippen LogP contribution in [0.2, 0.25) is 16.6 Å². The Bertz CT molecular complexity index is 1120. The standard InChI is InChI=1S/C28H40BrNO4Si/c1-11-33-25(31)17-23-22-13-12-21(14-15-35(18(2)3,19(4)5)20(6)7)16-24(22)30(26(23)29)27(32)34-28(8,9)10/h12-13,16,18-20H,11,17H2,1-10H3. The first-order valence-corrected chi connectivity index (χ1v) is 15.4. The number of nitrogens with zero attached hydrogens (tertiary/aromatic N) is 1. The Kier molecular flexibility index (Phi) is 9.46. The molecule has 0 spiro atoms. The molecule has 0 unspecified atom stereocenters. The fraction of sp³-hybridized carbons (Fsp3) is 0.571. The lowest BCUT2D eigenvalue weighted by Crippen LogP contribution is -2.43. The van der Waals surface area contributed by atoms with Crippen LogP contribution in [0.4, 0.5) is 4.79 Å². The molecule has 0 N–H and O–H groups in total. The molecule has 192 valence electrons. The summed E-state index contributed by atoms with van der Waals surface area (Å²) in [5, 5.41) is 0.793. The van der Waals surface area contributed by atoms with E-state index in [4.69, 9.17) is 9.47 Å². The van der Waals surface area contributed by atoms with Gasteiger partial charge in [0.1, 0.15) is 13.7 Å². The van der Waals surface area contributed by atoms with Gasteiger partial charge in [0.2, 0.25) is 0 Å². The van der Waals surface area contributed by atoms with E-state index in [1.807, 2.05) is 39.0 Å². The Morgan fingerprint density at radius 2 is 1.63 bits per heavy atom. The van der Waals surface area contributed by atoms with Crippen molar-refractivity contribution in [2.24, 2.45) is 0 Å². The van der Waals surface area contributed by atoms with Crippen molar-refractivity contribution in [1.29, 1.82) is 0 Å². The lowest BCUT2D eigenvalue weighted by Gasteiger charge is -2.38. The molecule has 35 heavy (non-hydrogen) atoms. The third-order valence-electron chi connectivity index (χ3n) is 6.50. The number of carbonyl (C=O) groups is 2. The number of fused-ring (bicyclic) bond motifs is 1. The minimum atomic E-state index is -1.91. The molecule has 0 bridgehead atoms. The number of halogens is 1. The van der Waals surface area contributed by atoms with E-state index in [0.717, 1.165) is 10.9 Å². The molecule has 0 fully saturated rings.